The maximum atomic E-state index is 13.0. The van der Waals surface area contributed by atoms with Crippen LogP contribution in [0, 0.1) is 13.8 Å². The van der Waals surface area contributed by atoms with Crippen molar-refractivity contribution in [3.05, 3.63) is 80.2 Å². The fourth-order valence-electron chi connectivity index (χ4n) is 3.42. The lowest BCUT2D eigenvalue weighted by Crippen LogP contribution is -2.33. The van der Waals surface area contributed by atoms with Gasteiger partial charge in [0.25, 0.3) is 0 Å². The molecule has 0 aliphatic rings. The number of benzene rings is 2. The predicted octanol–water partition coefficient (Wildman–Crippen LogP) is 4.90. The van der Waals surface area contributed by atoms with Crippen LogP contribution in [0.5, 0.6) is 11.5 Å². The number of carbonyl (C=O) groups excluding carboxylic acids is 1. The molecule has 0 radical (unpaired) electrons. The molecule has 8 nitrogen and oxygen atoms in total. The summed E-state index contributed by atoms with van der Waals surface area (Å²) in [5.74, 6) is 0.983. The van der Waals surface area contributed by atoms with Gasteiger partial charge in [0.2, 0.25) is 0 Å². The average Bonchev–Trinajstić information content (AvgIpc) is 3.10. The lowest BCUT2D eigenvalue weighted by atomic mass is 10.1. The van der Waals surface area contributed by atoms with Gasteiger partial charge in [-0.3, -0.25) is 0 Å². The highest BCUT2D eigenvalue weighted by Crippen LogP contribution is 2.25. The summed E-state index contributed by atoms with van der Waals surface area (Å²) in [6, 6.07) is 11.1. The molecule has 1 aromatic heterocycles. The Morgan fingerprint density at radius 1 is 1.06 bits per heavy atom. The third kappa shape index (κ3) is 6.55. The Labute approximate surface area is 196 Å². The van der Waals surface area contributed by atoms with Crippen molar-refractivity contribution in [2.45, 2.75) is 33.4 Å². The molecule has 0 bridgehead atoms. The first-order valence-corrected chi connectivity index (χ1v) is 10.6. The van der Waals surface area contributed by atoms with Crippen LogP contribution in [0.2, 0.25) is 5.02 Å². The van der Waals surface area contributed by atoms with Crippen LogP contribution in [0.25, 0.3) is 0 Å². The van der Waals surface area contributed by atoms with Gasteiger partial charge < -0.3 is 27.9 Å². The molecule has 0 saturated carbocycles. The van der Waals surface area contributed by atoms with Crippen molar-refractivity contribution in [1.82, 2.24) is 4.90 Å². The maximum absolute atomic E-state index is 13.0. The molecule has 0 aliphatic heterocycles. The summed E-state index contributed by atoms with van der Waals surface area (Å²) in [7, 11) is 3.18. The zero-order chi connectivity index (χ0) is 24.0. The van der Waals surface area contributed by atoms with Gasteiger partial charge in [-0.05, 0) is 67.3 Å². The number of rotatable bonds is 9. The van der Waals surface area contributed by atoms with E-state index in [-0.39, 0.29) is 24.7 Å². The van der Waals surface area contributed by atoms with Gasteiger partial charge in [-0.2, -0.15) is 0 Å². The number of methoxy groups -OCH3 is 2. The lowest BCUT2D eigenvalue weighted by molar-refractivity contribution is 0.0872. The van der Waals surface area contributed by atoms with Crippen LogP contribution in [-0.4, -0.2) is 31.8 Å². The smallest absolute Gasteiger partial charge is 0.497 e. The Kier molecular flexibility index (Phi) is 8.06. The molecule has 2 aromatic carbocycles. The van der Waals surface area contributed by atoms with E-state index in [9.17, 15) is 9.59 Å². The van der Waals surface area contributed by atoms with Crippen LogP contribution < -0.4 is 15.3 Å². The minimum absolute atomic E-state index is 0.168. The number of carbonyl (C=O) groups is 1. The van der Waals surface area contributed by atoms with Crippen molar-refractivity contribution < 1.29 is 27.8 Å². The summed E-state index contributed by atoms with van der Waals surface area (Å²) in [4.78, 5) is 25.8. The predicted molar refractivity (Wildman–Crippen MR) is 122 cm³/mol. The molecular formula is C24H26ClNO7. The Balaban J connectivity index is 1.79. The minimum Gasteiger partial charge on any atom is -0.497 e. The summed E-state index contributed by atoms with van der Waals surface area (Å²) < 4.78 is 25.9. The van der Waals surface area contributed by atoms with Crippen LogP contribution in [0.1, 0.15) is 28.2 Å². The molecule has 3 aromatic rings. The standard InChI is InChI=1S/C24H26ClNO7/c1-15-9-17(11-19(25)10-15)13-26(23(27)31-14-22-16(2)32-24(28)33-22)8-7-18-12-20(29-3)5-6-21(18)30-4/h5-6,9-12H,7-8,13-14H2,1-4H3. The SMILES string of the molecule is COc1ccc(OC)c(CCN(Cc2cc(C)cc(Cl)c2)C(=O)OCc2oc(=O)oc2C)c1. The first-order chi connectivity index (χ1) is 15.8. The van der Waals surface area contributed by atoms with E-state index in [0.29, 0.717) is 29.5 Å². The Morgan fingerprint density at radius 3 is 2.48 bits per heavy atom. The van der Waals surface area contributed by atoms with E-state index in [1.54, 1.807) is 32.1 Å². The second kappa shape index (κ2) is 11.0. The average molecular weight is 476 g/mol. The fourth-order valence-corrected chi connectivity index (χ4v) is 3.73. The maximum Gasteiger partial charge on any atom is 0.519 e. The largest absolute Gasteiger partial charge is 0.519 e. The highest BCUT2D eigenvalue weighted by molar-refractivity contribution is 6.30. The van der Waals surface area contributed by atoms with Crippen molar-refractivity contribution in [3.8, 4) is 11.5 Å². The van der Waals surface area contributed by atoms with E-state index < -0.39 is 11.9 Å². The molecular weight excluding hydrogens is 450 g/mol. The first kappa shape index (κ1) is 24.3. The van der Waals surface area contributed by atoms with Crippen molar-refractivity contribution in [2.24, 2.45) is 0 Å². The van der Waals surface area contributed by atoms with Gasteiger partial charge in [0.1, 0.15) is 11.5 Å². The fraction of sp³-hybridized carbons (Fsp3) is 0.333. The number of amides is 1. The van der Waals surface area contributed by atoms with Crippen molar-refractivity contribution in [3.63, 3.8) is 0 Å². The Morgan fingerprint density at radius 2 is 1.85 bits per heavy atom. The molecule has 1 heterocycles. The van der Waals surface area contributed by atoms with E-state index in [1.165, 1.54) is 0 Å². The van der Waals surface area contributed by atoms with Gasteiger partial charge in [-0.25, -0.2) is 9.59 Å². The van der Waals surface area contributed by atoms with E-state index >= 15 is 0 Å². The van der Waals surface area contributed by atoms with Crippen LogP contribution in [0.4, 0.5) is 4.79 Å². The summed E-state index contributed by atoms with van der Waals surface area (Å²) >= 11 is 6.20. The molecule has 33 heavy (non-hydrogen) atoms. The second-order valence-corrected chi connectivity index (χ2v) is 7.91. The zero-order valence-corrected chi connectivity index (χ0v) is 19.7. The molecule has 0 fully saturated rings. The summed E-state index contributed by atoms with van der Waals surface area (Å²) in [6.45, 7) is 3.89. The van der Waals surface area contributed by atoms with Crippen LogP contribution in [0.15, 0.2) is 50.0 Å². The third-order valence-corrected chi connectivity index (χ3v) is 5.25. The normalized spacial score (nSPS) is 10.7. The summed E-state index contributed by atoms with van der Waals surface area (Å²) in [5.41, 5.74) is 2.73. The lowest BCUT2D eigenvalue weighted by Gasteiger charge is -2.23. The Hall–Kier alpha value is -3.39. The van der Waals surface area contributed by atoms with Gasteiger partial charge in [0, 0.05) is 18.1 Å². The molecule has 1 amide bonds. The topological polar surface area (TPSA) is 91.4 Å². The van der Waals surface area contributed by atoms with E-state index in [1.807, 2.05) is 37.3 Å². The molecule has 9 heteroatoms. The Bertz CT molecular complexity index is 1150. The first-order valence-electron chi connectivity index (χ1n) is 10.3. The molecule has 0 aliphatic carbocycles. The molecule has 0 unspecified atom stereocenters. The minimum atomic E-state index is -0.838. The highest BCUT2D eigenvalue weighted by Gasteiger charge is 2.19. The monoisotopic (exact) mass is 475 g/mol. The van der Waals surface area contributed by atoms with Gasteiger partial charge in [-0.15, -0.1) is 0 Å². The van der Waals surface area contributed by atoms with Crippen molar-refractivity contribution >= 4 is 17.7 Å². The number of hydrogen-bond donors (Lipinski definition) is 0. The van der Waals surface area contributed by atoms with E-state index in [0.717, 1.165) is 16.7 Å². The second-order valence-electron chi connectivity index (χ2n) is 7.47. The molecule has 0 atom stereocenters. The number of hydrogen-bond acceptors (Lipinski definition) is 7. The highest BCUT2D eigenvalue weighted by atomic mass is 35.5. The number of aryl methyl sites for hydroxylation is 2. The van der Waals surface area contributed by atoms with Crippen LogP contribution in [0.3, 0.4) is 0 Å². The molecule has 0 saturated heterocycles. The van der Waals surface area contributed by atoms with Gasteiger partial charge in [-0.1, -0.05) is 17.7 Å². The summed E-state index contributed by atoms with van der Waals surface area (Å²) in [6.07, 6.45) is -0.0767. The summed E-state index contributed by atoms with van der Waals surface area (Å²) in [5, 5.41) is 0.587. The molecule has 0 spiro atoms. The molecule has 0 N–H and O–H groups in total. The zero-order valence-electron chi connectivity index (χ0n) is 19.0. The number of nitrogens with zero attached hydrogens (tertiary/aromatic N) is 1. The number of ether oxygens (including phenoxy) is 3. The van der Waals surface area contributed by atoms with E-state index in [2.05, 4.69) is 0 Å². The molecule has 3 rings (SSSR count). The quantitative estimate of drug-likeness (QED) is 0.434. The van der Waals surface area contributed by atoms with Crippen molar-refractivity contribution in [2.75, 3.05) is 20.8 Å². The van der Waals surface area contributed by atoms with E-state index in [4.69, 9.17) is 34.6 Å². The van der Waals surface area contributed by atoms with Gasteiger partial charge in [0.05, 0.1) is 14.2 Å². The van der Waals surface area contributed by atoms with Gasteiger partial charge in [0.15, 0.2) is 18.1 Å². The van der Waals surface area contributed by atoms with Crippen molar-refractivity contribution in [1.29, 1.82) is 0 Å². The van der Waals surface area contributed by atoms with Crippen LogP contribution in [-0.2, 0) is 24.3 Å². The number of halogens is 1. The third-order valence-electron chi connectivity index (χ3n) is 5.03. The van der Waals surface area contributed by atoms with Gasteiger partial charge >= 0.3 is 11.9 Å². The van der Waals surface area contributed by atoms with Crippen LogP contribution >= 0.6 is 11.6 Å². The molecule has 176 valence electrons.